The molecule has 0 aliphatic heterocycles. The first-order chi connectivity index (χ1) is 6.76. The van der Waals surface area contributed by atoms with Gasteiger partial charge in [-0.1, -0.05) is 0 Å². The van der Waals surface area contributed by atoms with Crippen LogP contribution in [0, 0.1) is 0 Å². The molecule has 0 aromatic heterocycles. The molecule has 1 saturated carbocycles. The van der Waals surface area contributed by atoms with Crippen molar-refractivity contribution in [3.8, 4) is 0 Å². The number of nitrogens with two attached hydrogens (primary N) is 1. The minimum Gasteiger partial charge on any atom is -0.395 e. The van der Waals surface area contributed by atoms with Gasteiger partial charge in [0.15, 0.2) is 0 Å². The van der Waals surface area contributed by atoms with Crippen molar-refractivity contribution in [2.75, 3.05) is 26.8 Å². The van der Waals surface area contributed by atoms with Gasteiger partial charge in [0, 0.05) is 25.7 Å². The average Bonchev–Trinajstić information content (AvgIpc) is 2.27. The van der Waals surface area contributed by atoms with Gasteiger partial charge in [0.1, 0.15) is 0 Å². The maximum atomic E-state index is 8.78. The standard InChI is InChI=1S/C10H22N2O2/c1-14-9-2-4-10(8-11,5-3-9)12-6-7-13/h9,12-13H,2-8,11H2,1H3. The van der Waals surface area contributed by atoms with Crippen LogP contribution in [0.1, 0.15) is 25.7 Å². The fraction of sp³-hybridized carbons (Fsp3) is 1.00. The van der Waals surface area contributed by atoms with E-state index in [-0.39, 0.29) is 12.1 Å². The predicted octanol–water partition coefficient (Wildman–Crippen LogP) is -0.145. The Kier molecular flexibility index (Phi) is 4.81. The fourth-order valence-corrected chi connectivity index (χ4v) is 2.15. The second-order valence-corrected chi connectivity index (χ2v) is 4.07. The summed E-state index contributed by atoms with van der Waals surface area (Å²) in [6, 6.07) is 0. The molecule has 1 aliphatic carbocycles. The van der Waals surface area contributed by atoms with Crippen molar-refractivity contribution in [1.29, 1.82) is 0 Å². The van der Waals surface area contributed by atoms with Crippen LogP contribution in [0.3, 0.4) is 0 Å². The van der Waals surface area contributed by atoms with Crippen molar-refractivity contribution in [3.63, 3.8) is 0 Å². The van der Waals surface area contributed by atoms with Crippen LogP contribution in [0.25, 0.3) is 0 Å². The zero-order valence-electron chi connectivity index (χ0n) is 8.96. The molecule has 1 fully saturated rings. The fourth-order valence-electron chi connectivity index (χ4n) is 2.15. The van der Waals surface area contributed by atoms with Crippen LogP contribution < -0.4 is 11.1 Å². The van der Waals surface area contributed by atoms with Gasteiger partial charge in [-0.15, -0.1) is 0 Å². The van der Waals surface area contributed by atoms with Crippen molar-refractivity contribution in [3.05, 3.63) is 0 Å². The topological polar surface area (TPSA) is 67.5 Å². The summed E-state index contributed by atoms with van der Waals surface area (Å²) in [5, 5.41) is 12.1. The van der Waals surface area contributed by atoms with E-state index < -0.39 is 0 Å². The molecule has 4 N–H and O–H groups in total. The Morgan fingerprint density at radius 1 is 1.50 bits per heavy atom. The molecule has 4 heteroatoms. The highest BCUT2D eigenvalue weighted by molar-refractivity contribution is 4.94. The Balaban J connectivity index is 2.39. The van der Waals surface area contributed by atoms with E-state index in [9.17, 15) is 0 Å². The Morgan fingerprint density at radius 3 is 2.57 bits per heavy atom. The number of nitrogens with one attached hydrogen (secondary N) is 1. The van der Waals surface area contributed by atoms with E-state index in [2.05, 4.69) is 5.32 Å². The van der Waals surface area contributed by atoms with Gasteiger partial charge in [-0.05, 0) is 25.7 Å². The molecule has 4 nitrogen and oxygen atoms in total. The lowest BCUT2D eigenvalue weighted by Gasteiger charge is -2.39. The van der Waals surface area contributed by atoms with Gasteiger partial charge < -0.3 is 20.9 Å². The van der Waals surface area contributed by atoms with E-state index in [1.807, 2.05) is 0 Å². The molecular weight excluding hydrogens is 180 g/mol. The van der Waals surface area contributed by atoms with Crippen molar-refractivity contribution < 1.29 is 9.84 Å². The monoisotopic (exact) mass is 202 g/mol. The smallest absolute Gasteiger partial charge is 0.0572 e. The summed E-state index contributed by atoms with van der Waals surface area (Å²) in [4.78, 5) is 0. The lowest BCUT2D eigenvalue weighted by molar-refractivity contribution is 0.0422. The molecule has 84 valence electrons. The van der Waals surface area contributed by atoms with Crippen molar-refractivity contribution in [2.45, 2.75) is 37.3 Å². The molecule has 1 rings (SSSR count). The normalized spacial score (nSPS) is 33.2. The van der Waals surface area contributed by atoms with Gasteiger partial charge in [-0.3, -0.25) is 0 Å². The van der Waals surface area contributed by atoms with Crippen LogP contribution in [0.15, 0.2) is 0 Å². The van der Waals surface area contributed by atoms with E-state index in [0.29, 0.717) is 19.2 Å². The van der Waals surface area contributed by atoms with E-state index >= 15 is 0 Å². The van der Waals surface area contributed by atoms with Gasteiger partial charge in [0.25, 0.3) is 0 Å². The molecule has 14 heavy (non-hydrogen) atoms. The molecule has 0 saturated heterocycles. The highest BCUT2D eigenvalue weighted by Gasteiger charge is 2.33. The van der Waals surface area contributed by atoms with E-state index in [0.717, 1.165) is 25.7 Å². The quantitative estimate of drug-likeness (QED) is 0.580. The van der Waals surface area contributed by atoms with Gasteiger partial charge in [0.05, 0.1) is 12.7 Å². The van der Waals surface area contributed by atoms with Crippen LogP contribution in [-0.4, -0.2) is 43.6 Å². The largest absolute Gasteiger partial charge is 0.395 e. The minimum absolute atomic E-state index is 0.0394. The third-order valence-corrected chi connectivity index (χ3v) is 3.23. The van der Waals surface area contributed by atoms with Crippen LogP contribution in [0.2, 0.25) is 0 Å². The Hall–Kier alpha value is -0.160. The summed E-state index contributed by atoms with van der Waals surface area (Å²) in [7, 11) is 1.77. The second kappa shape index (κ2) is 5.66. The van der Waals surface area contributed by atoms with Crippen LogP contribution in [0.4, 0.5) is 0 Å². The van der Waals surface area contributed by atoms with Crippen molar-refractivity contribution in [2.24, 2.45) is 5.73 Å². The Bertz CT molecular complexity index is 156. The molecule has 0 atom stereocenters. The van der Waals surface area contributed by atoms with Crippen LogP contribution in [-0.2, 0) is 4.74 Å². The third kappa shape index (κ3) is 2.92. The number of β-amino-alcohol motifs (C(OH)–C–C–N with tert-alkyl or cyclic N) is 1. The predicted molar refractivity (Wildman–Crippen MR) is 56.1 cm³/mol. The Labute approximate surface area is 85.8 Å². The number of hydrogen-bond acceptors (Lipinski definition) is 4. The number of methoxy groups -OCH3 is 1. The van der Waals surface area contributed by atoms with Crippen molar-refractivity contribution in [1.82, 2.24) is 5.32 Å². The number of aliphatic hydroxyl groups is 1. The molecule has 0 bridgehead atoms. The zero-order chi connectivity index (χ0) is 10.4. The summed E-state index contributed by atoms with van der Waals surface area (Å²) < 4.78 is 5.32. The molecule has 0 amide bonds. The van der Waals surface area contributed by atoms with Gasteiger partial charge in [-0.25, -0.2) is 0 Å². The lowest BCUT2D eigenvalue weighted by atomic mass is 9.80. The summed E-state index contributed by atoms with van der Waals surface area (Å²) in [6.45, 7) is 1.45. The zero-order valence-corrected chi connectivity index (χ0v) is 8.96. The Morgan fingerprint density at radius 2 is 2.14 bits per heavy atom. The SMILES string of the molecule is COC1CCC(CN)(NCCO)CC1. The average molecular weight is 202 g/mol. The first-order valence-corrected chi connectivity index (χ1v) is 5.35. The summed E-state index contributed by atoms with van der Waals surface area (Å²) in [6.07, 6.45) is 4.60. The van der Waals surface area contributed by atoms with Crippen molar-refractivity contribution >= 4 is 0 Å². The molecule has 0 aromatic carbocycles. The molecular formula is C10H22N2O2. The molecule has 0 spiro atoms. The number of ether oxygens (including phenoxy) is 1. The highest BCUT2D eigenvalue weighted by atomic mass is 16.5. The molecule has 0 unspecified atom stereocenters. The van der Waals surface area contributed by atoms with Gasteiger partial charge in [0.2, 0.25) is 0 Å². The molecule has 0 heterocycles. The number of aliphatic hydroxyl groups excluding tert-OH is 1. The molecule has 0 radical (unpaired) electrons. The minimum atomic E-state index is 0.0394. The maximum absolute atomic E-state index is 8.78. The van der Waals surface area contributed by atoms with E-state index in [4.69, 9.17) is 15.6 Å². The maximum Gasteiger partial charge on any atom is 0.0572 e. The highest BCUT2D eigenvalue weighted by Crippen LogP contribution is 2.28. The van der Waals surface area contributed by atoms with Gasteiger partial charge >= 0.3 is 0 Å². The second-order valence-electron chi connectivity index (χ2n) is 4.07. The van der Waals surface area contributed by atoms with Gasteiger partial charge in [-0.2, -0.15) is 0 Å². The molecule has 0 aromatic rings. The summed E-state index contributed by atoms with van der Waals surface area (Å²) in [5.41, 5.74) is 5.82. The number of rotatable bonds is 5. The van der Waals surface area contributed by atoms with Crippen LogP contribution in [0.5, 0.6) is 0 Å². The summed E-state index contributed by atoms with van der Waals surface area (Å²) >= 11 is 0. The first kappa shape index (κ1) is 11.9. The third-order valence-electron chi connectivity index (χ3n) is 3.23. The molecule has 1 aliphatic rings. The van der Waals surface area contributed by atoms with Crippen LogP contribution >= 0.6 is 0 Å². The number of hydrogen-bond donors (Lipinski definition) is 3. The van der Waals surface area contributed by atoms with E-state index in [1.54, 1.807) is 7.11 Å². The lowest BCUT2D eigenvalue weighted by Crippen LogP contribution is -2.54. The summed E-state index contributed by atoms with van der Waals surface area (Å²) in [5.74, 6) is 0. The first-order valence-electron chi connectivity index (χ1n) is 5.35. The van der Waals surface area contributed by atoms with E-state index in [1.165, 1.54) is 0 Å².